The Morgan fingerprint density at radius 2 is 1.77 bits per heavy atom. The number of sulfonamides is 1. The summed E-state index contributed by atoms with van der Waals surface area (Å²) in [6.07, 6.45) is -0.269. The fraction of sp³-hybridized carbons (Fsp3) is 0.316. The van der Waals surface area contributed by atoms with Gasteiger partial charge in [0.1, 0.15) is 5.69 Å². The van der Waals surface area contributed by atoms with Crippen LogP contribution in [-0.4, -0.2) is 31.0 Å². The van der Waals surface area contributed by atoms with Gasteiger partial charge in [0.25, 0.3) is 15.6 Å². The van der Waals surface area contributed by atoms with Gasteiger partial charge in [0, 0.05) is 5.69 Å². The number of nitrogens with zero attached hydrogens (tertiary/aromatic N) is 2. The van der Waals surface area contributed by atoms with Crippen molar-refractivity contribution in [1.29, 1.82) is 0 Å². The molecule has 168 valence electrons. The molecule has 2 atom stereocenters. The molecule has 0 saturated heterocycles. The molecule has 1 amide bonds. The van der Waals surface area contributed by atoms with Crippen LogP contribution in [0.25, 0.3) is 0 Å². The Kier molecular flexibility index (Phi) is 7.28. The standard InChI is InChI=1S/C19H26N6O5S/c1-4-13-6-8-14(9-7-13)31(28,29)24-15-10-5-11(2)25(18(15)27)16(17(20)26)12(3)30-23-19(21)22/h5-10,12,16,24H,4H2,1-3H3,(H2,20,26)(H4,21,22,23). The van der Waals surface area contributed by atoms with E-state index in [0.717, 1.165) is 16.6 Å². The Bertz CT molecular complexity index is 1140. The van der Waals surface area contributed by atoms with Gasteiger partial charge in [-0.1, -0.05) is 19.1 Å². The molecule has 0 aliphatic rings. The lowest BCUT2D eigenvalue weighted by molar-refractivity contribution is -0.125. The number of nitrogens with two attached hydrogens (primary N) is 3. The molecular weight excluding hydrogens is 424 g/mol. The SMILES string of the molecule is CCc1ccc(S(=O)(=O)Nc2ccc(C)n(C(C(N)=O)C(C)ON=C(N)N)c2=O)cc1. The van der Waals surface area contributed by atoms with Crippen molar-refractivity contribution >= 4 is 27.6 Å². The Morgan fingerprint density at radius 1 is 1.16 bits per heavy atom. The first-order valence-corrected chi connectivity index (χ1v) is 10.8. The highest BCUT2D eigenvalue weighted by molar-refractivity contribution is 7.92. The highest BCUT2D eigenvalue weighted by Crippen LogP contribution is 2.19. The van der Waals surface area contributed by atoms with Crippen LogP contribution >= 0.6 is 0 Å². The number of guanidine groups is 1. The van der Waals surface area contributed by atoms with Crippen molar-refractivity contribution in [3.05, 3.63) is 58.0 Å². The van der Waals surface area contributed by atoms with Gasteiger partial charge in [-0.15, -0.1) is 0 Å². The number of oxime groups is 1. The summed E-state index contributed by atoms with van der Waals surface area (Å²) < 4.78 is 28.8. The first kappa shape index (κ1) is 23.7. The third kappa shape index (κ3) is 5.54. The quantitative estimate of drug-likeness (QED) is 0.238. The van der Waals surface area contributed by atoms with E-state index in [4.69, 9.17) is 22.0 Å². The van der Waals surface area contributed by atoms with Crippen LogP contribution in [0.15, 0.2) is 51.2 Å². The summed E-state index contributed by atoms with van der Waals surface area (Å²) in [5, 5.41) is 3.39. The highest BCUT2D eigenvalue weighted by Gasteiger charge is 2.30. The van der Waals surface area contributed by atoms with E-state index in [0.29, 0.717) is 5.69 Å². The van der Waals surface area contributed by atoms with Gasteiger partial charge < -0.3 is 22.0 Å². The number of carbonyl (C=O) groups is 1. The topological polar surface area (TPSA) is 185 Å². The molecule has 12 heteroatoms. The molecule has 11 nitrogen and oxygen atoms in total. The molecule has 2 rings (SSSR count). The van der Waals surface area contributed by atoms with Crippen LogP contribution in [0.2, 0.25) is 0 Å². The largest absolute Gasteiger partial charge is 0.387 e. The average molecular weight is 451 g/mol. The summed E-state index contributed by atoms with van der Waals surface area (Å²) in [7, 11) is -4.04. The number of hydrogen-bond acceptors (Lipinski definition) is 6. The lowest BCUT2D eigenvalue weighted by Gasteiger charge is -2.24. The fourth-order valence-electron chi connectivity index (χ4n) is 2.95. The number of pyridine rings is 1. The third-order valence-corrected chi connectivity index (χ3v) is 5.93. The lowest BCUT2D eigenvalue weighted by atomic mass is 10.1. The predicted octanol–water partition coefficient (Wildman–Crippen LogP) is 0.140. The molecule has 0 radical (unpaired) electrons. The number of primary amides is 1. The number of aromatic nitrogens is 1. The second-order valence-electron chi connectivity index (χ2n) is 6.84. The minimum atomic E-state index is -4.04. The summed E-state index contributed by atoms with van der Waals surface area (Å²) >= 11 is 0. The number of benzene rings is 1. The summed E-state index contributed by atoms with van der Waals surface area (Å²) in [5.41, 5.74) is 16.2. The Labute approximate surface area is 179 Å². The van der Waals surface area contributed by atoms with Crippen LogP contribution in [0.4, 0.5) is 5.69 Å². The van der Waals surface area contributed by atoms with Gasteiger partial charge in [0.2, 0.25) is 11.9 Å². The maximum absolute atomic E-state index is 13.1. The van der Waals surface area contributed by atoms with E-state index in [1.807, 2.05) is 6.92 Å². The van der Waals surface area contributed by atoms with Crippen molar-refractivity contribution in [1.82, 2.24) is 4.57 Å². The van der Waals surface area contributed by atoms with Crippen LogP contribution in [-0.2, 0) is 26.1 Å². The molecule has 0 aliphatic heterocycles. The third-order valence-electron chi connectivity index (χ3n) is 4.55. The molecule has 1 aromatic carbocycles. The second kappa shape index (κ2) is 9.51. The van der Waals surface area contributed by atoms with Crippen LogP contribution in [0.3, 0.4) is 0 Å². The Morgan fingerprint density at radius 3 is 2.29 bits per heavy atom. The van der Waals surface area contributed by atoms with E-state index in [1.54, 1.807) is 19.1 Å². The van der Waals surface area contributed by atoms with Crippen molar-refractivity contribution in [3.8, 4) is 0 Å². The molecule has 31 heavy (non-hydrogen) atoms. The van der Waals surface area contributed by atoms with Crippen LogP contribution in [0.1, 0.15) is 31.1 Å². The van der Waals surface area contributed by atoms with Crippen molar-refractivity contribution in [3.63, 3.8) is 0 Å². The summed E-state index contributed by atoms with van der Waals surface area (Å²) in [6.45, 7) is 4.95. The van der Waals surface area contributed by atoms with Gasteiger partial charge in [-0.2, -0.15) is 0 Å². The minimum absolute atomic E-state index is 0.00728. The smallest absolute Gasteiger partial charge is 0.275 e. The Balaban J connectivity index is 2.48. The van der Waals surface area contributed by atoms with E-state index in [9.17, 15) is 18.0 Å². The normalized spacial score (nSPS) is 13.1. The van der Waals surface area contributed by atoms with Crippen molar-refractivity contribution in [2.45, 2.75) is 44.2 Å². The molecule has 2 aromatic rings. The number of anilines is 1. The van der Waals surface area contributed by atoms with Crippen LogP contribution in [0.5, 0.6) is 0 Å². The van der Waals surface area contributed by atoms with Gasteiger partial charge in [-0.3, -0.25) is 18.9 Å². The lowest BCUT2D eigenvalue weighted by Crippen LogP contribution is -2.42. The van der Waals surface area contributed by atoms with Crippen molar-refractivity contribution in [2.24, 2.45) is 22.4 Å². The number of aryl methyl sites for hydroxylation is 2. The minimum Gasteiger partial charge on any atom is -0.387 e. The molecule has 0 fully saturated rings. The number of nitrogens with one attached hydrogen (secondary N) is 1. The van der Waals surface area contributed by atoms with E-state index in [2.05, 4.69) is 9.88 Å². The van der Waals surface area contributed by atoms with Gasteiger partial charge >= 0.3 is 0 Å². The second-order valence-corrected chi connectivity index (χ2v) is 8.52. The monoisotopic (exact) mass is 450 g/mol. The molecule has 0 spiro atoms. The molecule has 0 bridgehead atoms. The Hall–Kier alpha value is -3.54. The highest BCUT2D eigenvalue weighted by atomic mass is 32.2. The number of rotatable bonds is 9. The molecular formula is C19H26N6O5S. The summed E-state index contributed by atoms with van der Waals surface area (Å²) in [4.78, 5) is 30.2. The number of carbonyl (C=O) groups excluding carboxylic acids is 1. The molecule has 1 aromatic heterocycles. The van der Waals surface area contributed by atoms with Crippen LogP contribution in [0, 0.1) is 6.92 Å². The maximum Gasteiger partial charge on any atom is 0.275 e. The predicted molar refractivity (Wildman–Crippen MR) is 117 cm³/mol. The molecule has 2 unspecified atom stereocenters. The average Bonchev–Trinajstić information content (AvgIpc) is 2.71. The van der Waals surface area contributed by atoms with E-state index >= 15 is 0 Å². The van der Waals surface area contributed by atoms with Crippen molar-refractivity contribution < 1.29 is 18.0 Å². The zero-order valence-corrected chi connectivity index (χ0v) is 18.2. The molecule has 0 aliphatic carbocycles. The van der Waals surface area contributed by atoms with E-state index < -0.39 is 33.6 Å². The van der Waals surface area contributed by atoms with Gasteiger partial charge in [-0.05, 0) is 55.3 Å². The molecule has 1 heterocycles. The fourth-order valence-corrected chi connectivity index (χ4v) is 4.00. The van der Waals surface area contributed by atoms with Crippen molar-refractivity contribution in [2.75, 3.05) is 4.72 Å². The zero-order valence-electron chi connectivity index (χ0n) is 17.4. The first-order chi connectivity index (χ1) is 14.5. The van der Waals surface area contributed by atoms with E-state index in [1.165, 1.54) is 31.2 Å². The molecule has 0 saturated carbocycles. The zero-order chi connectivity index (χ0) is 23.3. The first-order valence-electron chi connectivity index (χ1n) is 9.36. The van der Waals surface area contributed by atoms with Gasteiger partial charge in [0.15, 0.2) is 12.1 Å². The molecule has 7 N–H and O–H groups in total. The maximum atomic E-state index is 13.1. The van der Waals surface area contributed by atoms with Gasteiger partial charge in [0.05, 0.1) is 4.90 Å². The summed E-state index contributed by atoms with van der Waals surface area (Å²) in [5.74, 6) is -1.27. The summed E-state index contributed by atoms with van der Waals surface area (Å²) in [6, 6.07) is 7.76. The van der Waals surface area contributed by atoms with Gasteiger partial charge in [-0.25, -0.2) is 8.42 Å². The van der Waals surface area contributed by atoms with Crippen LogP contribution < -0.4 is 27.5 Å². The number of amides is 1. The number of hydrogen-bond donors (Lipinski definition) is 4. The van der Waals surface area contributed by atoms with E-state index in [-0.39, 0.29) is 16.5 Å².